The van der Waals surface area contributed by atoms with Crippen LogP contribution in [0.25, 0.3) is 0 Å². The van der Waals surface area contributed by atoms with Gasteiger partial charge in [0.2, 0.25) is 0 Å². The predicted molar refractivity (Wildman–Crippen MR) is 113 cm³/mol. The molecule has 11 heteroatoms. The number of hydrogen-bond donors (Lipinski definition) is 1. The second kappa shape index (κ2) is 10.5. The molecule has 0 aliphatic heterocycles. The summed E-state index contributed by atoms with van der Waals surface area (Å²) in [5, 5.41) is 6.70. The number of carbonyl (C=O) groups excluding carboxylic acids is 1. The Labute approximate surface area is 188 Å². The number of nitrogens with one attached hydrogen (secondary N) is 1. The van der Waals surface area contributed by atoms with Crippen molar-refractivity contribution in [1.29, 1.82) is 5.41 Å². The lowest BCUT2D eigenvalue weighted by atomic mass is 10.1. The van der Waals surface area contributed by atoms with E-state index in [4.69, 9.17) is 49.1 Å². The number of carbonyl (C=O) groups is 1. The molecule has 0 aliphatic rings. The number of benzene rings is 2. The predicted octanol–water partition coefficient (Wildman–Crippen LogP) is 5.26. The lowest BCUT2D eigenvalue weighted by Crippen LogP contribution is -2.29. The zero-order chi connectivity index (χ0) is 22.5. The normalized spacial score (nSPS) is 13.5. The van der Waals surface area contributed by atoms with Gasteiger partial charge in [-0.3, -0.25) is 4.18 Å². The zero-order valence-corrected chi connectivity index (χ0v) is 18.7. The van der Waals surface area contributed by atoms with E-state index in [0.29, 0.717) is 6.21 Å². The number of ether oxygens (including phenoxy) is 1. The quantitative estimate of drug-likeness (QED) is 0.221. The summed E-state index contributed by atoms with van der Waals surface area (Å²) in [5.74, 6) is -0.737. The van der Waals surface area contributed by atoms with E-state index < -0.39 is 46.3 Å². The summed E-state index contributed by atoms with van der Waals surface area (Å²) in [7, 11) is -4.51. The van der Waals surface area contributed by atoms with E-state index in [2.05, 4.69) is 0 Å². The van der Waals surface area contributed by atoms with Crippen LogP contribution < -0.4 is 0 Å². The zero-order valence-electron chi connectivity index (χ0n) is 15.6. The first-order valence-corrected chi connectivity index (χ1v) is 11.0. The molecule has 2 aromatic carbocycles. The van der Waals surface area contributed by atoms with Crippen molar-refractivity contribution in [3.8, 4) is 0 Å². The Bertz CT molecular complexity index is 1030. The molecule has 2 rings (SSSR count). The van der Waals surface area contributed by atoms with Crippen molar-refractivity contribution in [2.45, 2.75) is 30.5 Å². The van der Waals surface area contributed by atoms with E-state index in [1.54, 1.807) is 12.1 Å². The van der Waals surface area contributed by atoms with Gasteiger partial charge in [0.15, 0.2) is 0 Å². The van der Waals surface area contributed by atoms with Crippen LogP contribution in [0.5, 0.6) is 0 Å². The molecule has 0 aliphatic carbocycles. The maximum absolute atomic E-state index is 13.7. The molecule has 0 fully saturated rings. The number of rotatable bonds is 9. The van der Waals surface area contributed by atoms with E-state index in [9.17, 15) is 17.6 Å². The van der Waals surface area contributed by atoms with Gasteiger partial charge in [-0.05, 0) is 31.2 Å². The lowest BCUT2D eigenvalue weighted by molar-refractivity contribution is 0.0283. The van der Waals surface area contributed by atoms with E-state index in [-0.39, 0.29) is 20.6 Å². The molecule has 0 amide bonds. The Morgan fingerprint density at radius 1 is 1.13 bits per heavy atom. The third-order valence-electron chi connectivity index (χ3n) is 3.86. The van der Waals surface area contributed by atoms with Crippen molar-refractivity contribution in [2.24, 2.45) is 0 Å². The van der Waals surface area contributed by atoms with Crippen molar-refractivity contribution < 1.29 is 26.5 Å². The maximum atomic E-state index is 13.7. The van der Waals surface area contributed by atoms with Crippen LogP contribution in [0.15, 0.2) is 41.3 Å². The van der Waals surface area contributed by atoms with Crippen LogP contribution in [0.1, 0.15) is 22.3 Å². The summed E-state index contributed by atoms with van der Waals surface area (Å²) in [6.07, 6.45) is -3.28. The molecule has 0 heterocycles. The van der Waals surface area contributed by atoms with Crippen LogP contribution >= 0.6 is 34.8 Å². The van der Waals surface area contributed by atoms with Gasteiger partial charge in [0.25, 0.3) is 10.1 Å². The second-order valence-corrected chi connectivity index (χ2v) is 9.01. The molecule has 2 atom stereocenters. The Kier molecular flexibility index (Phi) is 8.63. The first-order valence-electron chi connectivity index (χ1n) is 8.49. The average Bonchev–Trinajstić information content (AvgIpc) is 2.68. The maximum Gasteiger partial charge on any atom is 0.338 e. The Morgan fingerprint density at radius 2 is 1.73 bits per heavy atom. The first kappa shape index (κ1) is 24.6. The fraction of sp³-hybridized carbons (Fsp3) is 0.263. The van der Waals surface area contributed by atoms with Gasteiger partial charge in [0, 0.05) is 12.6 Å². The fourth-order valence-electron chi connectivity index (χ4n) is 2.32. The smallest absolute Gasteiger partial charge is 0.338 e. The largest absolute Gasteiger partial charge is 0.459 e. The molecule has 2 aromatic rings. The summed E-state index contributed by atoms with van der Waals surface area (Å²) in [4.78, 5) is 11.7. The standard InChI is InChI=1S/C19H17Cl3FNO5S/c1-11-2-4-12(5-3-11)19(25)28-10-14(6-13(23)9-24)29-30(26,27)18-8-16(21)15(20)7-17(18)22/h2-5,7-9,13-14,24H,6,10H2,1H3/t13-,14-/m0/s1. The van der Waals surface area contributed by atoms with Crippen LogP contribution in [0, 0.1) is 12.3 Å². The van der Waals surface area contributed by atoms with Gasteiger partial charge in [-0.1, -0.05) is 52.5 Å². The van der Waals surface area contributed by atoms with Crippen molar-refractivity contribution in [3.63, 3.8) is 0 Å². The minimum absolute atomic E-state index is 0.0387. The summed E-state index contributed by atoms with van der Waals surface area (Å²) >= 11 is 17.6. The third kappa shape index (κ3) is 6.65. The molecule has 6 nitrogen and oxygen atoms in total. The van der Waals surface area contributed by atoms with Crippen LogP contribution in [-0.2, 0) is 19.0 Å². The van der Waals surface area contributed by atoms with Crippen molar-refractivity contribution in [1.82, 2.24) is 0 Å². The summed E-state index contributed by atoms with van der Waals surface area (Å²) < 4.78 is 49.1. The van der Waals surface area contributed by atoms with Gasteiger partial charge in [0.05, 0.1) is 20.6 Å². The van der Waals surface area contributed by atoms with Crippen LogP contribution in [0.3, 0.4) is 0 Å². The number of hydrogen-bond acceptors (Lipinski definition) is 6. The highest BCUT2D eigenvalue weighted by atomic mass is 35.5. The van der Waals surface area contributed by atoms with Crippen LogP contribution in [0.4, 0.5) is 4.39 Å². The van der Waals surface area contributed by atoms with Gasteiger partial charge in [0.1, 0.15) is 23.8 Å². The molecule has 0 radical (unpaired) electrons. The van der Waals surface area contributed by atoms with E-state index in [1.807, 2.05) is 6.92 Å². The molecule has 0 saturated heterocycles. The summed E-state index contributed by atoms with van der Waals surface area (Å²) in [6, 6.07) is 8.61. The molecule has 1 N–H and O–H groups in total. The Hall–Kier alpha value is -1.71. The highest BCUT2D eigenvalue weighted by molar-refractivity contribution is 7.87. The summed E-state index contributed by atoms with van der Waals surface area (Å²) in [5.41, 5.74) is 1.17. The van der Waals surface area contributed by atoms with Gasteiger partial charge in [-0.25, -0.2) is 9.18 Å². The molecule has 162 valence electrons. The summed E-state index contributed by atoms with van der Waals surface area (Å²) in [6.45, 7) is 1.27. The number of aryl methyl sites for hydroxylation is 1. The number of halogens is 4. The molecular formula is C19H17Cl3FNO5S. The third-order valence-corrected chi connectivity index (χ3v) is 6.41. The minimum atomic E-state index is -4.51. The Morgan fingerprint density at radius 3 is 2.33 bits per heavy atom. The molecule has 30 heavy (non-hydrogen) atoms. The van der Waals surface area contributed by atoms with Crippen molar-refractivity contribution >= 4 is 57.1 Å². The molecule has 0 spiro atoms. The molecule has 0 unspecified atom stereocenters. The SMILES string of the molecule is Cc1ccc(C(=O)OC[C@H](C[C@H](F)C=N)OS(=O)(=O)c2cc(Cl)c(Cl)cc2Cl)cc1. The fourth-order valence-corrected chi connectivity index (χ4v) is 4.37. The average molecular weight is 497 g/mol. The number of alkyl halides is 1. The highest BCUT2D eigenvalue weighted by Crippen LogP contribution is 2.33. The molecule has 0 aromatic heterocycles. The van der Waals surface area contributed by atoms with E-state index in [1.165, 1.54) is 12.1 Å². The van der Waals surface area contributed by atoms with Gasteiger partial charge < -0.3 is 10.1 Å². The highest BCUT2D eigenvalue weighted by Gasteiger charge is 2.28. The second-order valence-electron chi connectivity index (χ2n) is 6.25. The first-order chi connectivity index (χ1) is 14.0. The minimum Gasteiger partial charge on any atom is -0.459 e. The monoisotopic (exact) mass is 495 g/mol. The number of esters is 1. The van der Waals surface area contributed by atoms with Crippen molar-refractivity contribution in [3.05, 3.63) is 62.6 Å². The van der Waals surface area contributed by atoms with Gasteiger partial charge in [-0.2, -0.15) is 8.42 Å². The topological polar surface area (TPSA) is 93.5 Å². The van der Waals surface area contributed by atoms with E-state index >= 15 is 0 Å². The van der Waals surface area contributed by atoms with Crippen molar-refractivity contribution in [2.75, 3.05) is 6.61 Å². The van der Waals surface area contributed by atoms with Gasteiger partial charge in [-0.15, -0.1) is 0 Å². The Balaban J connectivity index is 2.19. The molecule has 0 saturated carbocycles. The van der Waals surface area contributed by atoms with Crippen LogP contribution in [0.2, 0.25) is 15.1 Å². The lowest BCUT2D eigenvalue weighted by Gasteiger charge is -2.19. The van der Waals surface area contributed by atoms with Gasteiger partial charge >= 0.3 is 5.97 Å². The van der Waals surface area contributed by atoms with Crippen LogP contribution in [-0.4, -0.2) is 39.5 Å². The molecule has 0 bridgehead atoms. The van der Waals surface area contributed by atoms with E-state index in [0.717, 1.165) is 17.7 Å². The molecular weight excluding hydrogens is 480 g/mol.